The van der Waals surface area contributed by atoms with Crippen LogP contribution < -0.4 is 5.32 Å². The van der Waals surface area contributed by atoms with Gasteiger partial charge in [0.15, 0.2) is 11.6 Å². The Morgan fingerprint density at radius 3 is 2.53 bits per heavy atom. The minimum absolute atomic E-state index is 0.396. The summed E-state index contributed by atoms with van der Waals surface area (Å²) >= 11 is 1.56. The van der Waals surface area contributed by atoms with Crippen LogP contribution in [0.25, 0.3) is 10.1 Å². The molecular formula is C15H19F2NS. The summed E-state index contributed by atoms with van der Waals surface area (Å²) in [4.78, 5) is 1.19. The van der Waals surface area contributed by atoms with Crippen LogP contribution in [0.4, 0.5) is 8.78 Å². The zero-order valence-corrected chi connectivity index (χ0v) is 12.3. The number of benzene rings is 1. The smallest absolute Gasteiger partial charge is 0.160 e. The van der Waals surface area contributed by atoms with Gasteiger partial charge in [-0.3, -0.25) is 0 Å². The Kier molecular flexibility index (Phi) is 4.53. The minimum Gasteiger partial charge on any atom is -0.310 e. The van der Waals surface area contributed by atoms with Gasteiger partial charge in [0.2, 0.25) is 0 Å². The predicted molar refractivity (Wildman–Crippen MR) is 77.7 cm³/mol. The number of thiophene rings is 1. The molecule has 1 heterocycles. The van der Waals surface area contributed by atoms with Gasteiger partial charge in [0, 0.05) is 22.2 Å². The zero-order valence-electron chi connectivity index (χ0n) is 11.5. The van der Waals surface area contributed by atoms with E-state index in [0.717, 1.165) is 35.0 Å². The summed E-state index contributed by atoms with van der Waals surface area (Å²) < 4.78 is 27.5. The van der Waals surface area contributed by atoms with Gasteiger partial charge in [0.25, 0.3) is 0 Å². The molecule has 1 nitrogen and oxygen atoms in total. The standard InChI is InChI=1S/C15H19F2NS/c1-4-5-10-11-6-12(16)13(17)7-14(11)19-15(10)8-18-9(2)3/h6-7,9,18H,4-5,8H2,1-3H3. The quantitative estimate of drug-likeness (QED) is 0.843. The molecule has 19 heavy (non-hydrogen) atoms. The van der Waals surface area contributed by atoms with Crippen molar-refractivity contribution < 1.29 is 8.78 Å². The average Bonchev–Trinajstić information content (AvgIpc) is 2.66. The van der Waals surface area contributed by atoms with E-state index in [1.54, 1.807) is 11.3 Å². The van der Waals surface area contributed by atoms with E-state index in [1.807, 2.05) is 0 Å². The van der Waals surface area contributed by atoms with Gasteiger partial charge in [-0.05, 0) is 29.5 Å². The van der Waals surface area contributed by atoms with E-state index in [4.69, 9.17) is 0 Å². The second-order valence-electron chi connectivity index (χ2n) is 5.05. The number of rotatable bonds is 5. The van der Waals surface area contributed by atoms with Crippen molar-refractivity contribution in [1.29, 1.82) is 0 Å². The van der Waals surface area contributed by atoms with Crippen LogP contribution in [0.1, 0.15) is 37.6 Å². The Morgan fingerprint density at radius 1 is 1.21 bits per heavy atom. The Morgan fingerprint density at radius 2 is 1.89 bits per heavy atom. The van der Waals surface area contributed by atoms with Crippen LogP contribution in [-0.4, -0.2) is 6.04 Å². The van der Waals surface area contributed by atoms with Crippen LogP contribution in [0.3, 0.4) is 0 Å². The van der Waals surface area contributed by atoms with E-state index in [1.165, 1.54) is 17.0 Å². The number of hydrogen-bond acceptors (Lipinski definition) is 2. The maximum absolute atomic E-state index is 13.4. The van der Waals surface area contributed by atoms with Crippen LogP contribution >= 0.6 is 11.3 Å². The summed E-state index contributed by atoms with van der Waals surface area (Å²) in [5.41, 5.74) is 1.16. The van der Waals surface area contributed by atoms with E-state index in [9.17, 15) is 8.78 Å². The Bertz CT molecular complexity index is 575. The number of hydrogen-bond donors (Lipinski definition) is 1. The highest BCUT2D eigenvalue weighted by molar-refractivity contribution is 7.19. The lowest BCUT2D eigenvalue weighted by Gasteiger charge is -2.08. The Labute approximate surface area is 116 Å². The average molecular weight is 283 g/mol. The highest BCUT2D eigenvalue weighted by Crippen LogP contribution is 2.33. The number of nitrogens with one attached hydrogen (secondary N) is 1. The SMILES string of the molecule is CCCc1c(CNC(C)C)sc2cc(F)c(F)cc12. The molecule has 2 rings (SSSR count). The lowest BCUT2D eigenvalue weighted by molar-refractivity contribution is 0.511. The zero-order chi connectivity index (χ0) is 14.0. The molecule has 0 radical (unpaired) electrons. The van der Waals surface area contributed by atoms with Gasteiger partial charge in [0.1, 0.15) is 0 Å². The first-order chi connectivity index (χ1) is 9.02. The molecule has 104 valence electrons. The predicted octanol–water partition coefficient (Wildman–Crippen LogP) is 4.63. The number of aryl methyl sites for hydroxylation is 1. The van der Waals surface area contributed by atoms with Gasteiger partial charge in [-0.1, -0.05) is 27.2 Å². The molecule has 0 spiro atoms. The van der Waals surface area contributed by atoms with E-state index < -0.39 is 11.6 Å². The summed E-state index contributed by atoms with van der Waals surface area (Å²) in [6, 6.07) is 3.05. The summed E-state index contributed by atoms with van der Waals surface area (Å²) in [7, 11) is 0. The van der Waals surface area contributed by atoms with Crippen molar-refractivity contribution in [3.63, 3.8) is 0 Å². The van der Waals surface area contributed by atoms with Crippen LogP contribution in [0.15, 0.2) is 12.1 Å². The molecule has 0 fully saturated rings. The molecule has 0 aliphatic carbocycles. The molecule has 0 saturated carbocycles. The third-order valence-corrected chi connectivity index (χ3v) is 4.28. The summed E-state index contributed by atoms with van der Waals surface area (Å²) in [5.74, 6) is -1.52. The second kappa shape index (κ2) is 5.97. The van der Waals surface area contributed by atoms with Crippen molar-refractivity contribution >= 4 is 21.4 Å². The molecule has 0 atom stereocenters. The third-order valence-electron chi connectivity index (χ3n) is 3.09. The van der Waals surface area contributed by atoms with Crippen molar-refractivity contribution in [2.24, 2.45) is 0 Å². The monoisotopic (exact) mass is 283 g/mol. The van der Waals surface area contributed by atoms with E-state index >= 15 is 0 Å². The number of halogens is 2. The molecule has 0 amide bonds. The van der Waals surface area contributed by atoms with Crippen LogP contribution in [0, 0.1) is 11.6 Å². The first-order valence-electron chi connectivity index (χ1n) is 6.65. The van der Waals surface area contributed by atoms with Gasteiger partial charge >= 0.3 is 0 Å². The van der Waals surface area contributed by atoms with Crippen molar-refractivity contribution in [3.8, 4) is 0 Å². The van der Waals surface area contributed by atoms with Crippen LogP contribution in [0.2, 0.25) is 0 Å². The Balaban J connectivity index is 2.47. The summed E-state index contributed by atoms with van der Waals surface area (Å²) in [6.07, 6.45) is 1.90. The fourth-order valence-electron chi connectivity index (χ4n) is 2.16. The first kappa shape index (κ1) is 14.4. The van der Waals surface area contributed by atoms with Gasteiger partial charge < -0.3 is 5.32 Å². The summed E-state index contributed by atoms with van der Waals surface area (Å²) in [5, 5.41) is 4.24. The molecule has 0 aliphatic rings. The van der Waals surface area contributed by atoms with Crippen LogP contribution in [0.5, 0.6) is 0 Å². The summed E-state index contributed by atoms with van der Waals surface area (Å²) in [6.45, 7) is 7.04. The van der Waals surface area contributed by atoms with E-state index in [2.05, 4.69) is 26.1 Å². The molecule has 1 aromatic heterocycles. The second-order valence-corrected chi connectivity index (χ2v) is 6.19. The lowest BCUT2D eigenvalue weighted by Crippen LogP contribution is -2.21. The molecule has 0 saturated heterocycles. The van der Waals surface area contributed by atoms with E-state index in [-0.39, 0.29) is 0 Å². The minimum atomic E-state index is -0.764. The molecule has 1 aromatic carbocycles. The molecule has 4 heteroatoms. The van der Waals surface area contributed by atoms with Crippen molar-refractivity contribution in [2.75, 3.05) is 0 Å². The first-order valence-corrected chi connectivity index (χ1v) is 7.47. The van der Waals surface area contributed by atoms with Crippen molar-refractivity contribution in [1.82, 2.24) is 5.32 Å². The van der Waals surface area contributed by atoms with Crippen molar-refractivity contribution in [3.05, 3.63) is 34.2 Å². The highest BCUT2D eigenvalue weighted by Gasteiger charge is 2.14. The topological polar surface area (TPSA) is 12.0 Å². The Hall–Kier alpha value is -1.00. The highest BCUT2D eigenvalue weighted by atomic mass is 32.1. The van der Waals surface area contributed by atoms with E-state index in [0.29, 0.717) is 6.04 Å². The van der Waals surface area contributed by atoms with Gasteiger partial charge in [0.05, 0.1) is 0 Å². The largest absolute Gasteiger partial charge is 0.310 e. The van der Waals surface area contributed by atoms with Gasteiger partial charge in [-0.2, -0.15) is 0 Å². The lowest BCUT2D eigenvalue weighted by atomic mass is 10.1. The molecule has 0 aliphatic heterocycles. The van der Waals surface area contributed by atoms with Gasteiger partial charge in [-0.25, -0.2) is 8.78 Å². The third kappa shape index (κ3) is 3.12. The maximum atomic E-state index is 13.4. The fourth-order valence-corrected chi connectivity index (χ4v) is 3.37. The van der Waals surface area contributed by atoms with Crippen LogP contribution in [-0.2, 0) is 13.0 Å². The molecule has 1 N–H and O–H groups in total. The molecule has 0 bridgehead atoms. The fraction of sp³-hybridized carbons (Fsp3) is 0.467. The normalized spacial score (nSPS) is 11.7. The number of fused-ring (bicyclic) bond motifs is 1. The van der Waals surface area contributed by atoms with Crippen molar-refractivity contribution in [2.45, 2.75) is 46.2 Å². The maximum Gasteiger partial charge on any atom is 0.160 e. The molecule has 0 unspecified atom stereocenters. The van der Waals surface area contributed by atoms with Gasteiger partial charge in [-0.15, -0.1) is 11.3 Å². The molecular weight excluding hydrogens is 264 g/mol. The molecule has 2 aromatic rings.